The van der Waals surface area contributed by atoms with E-state index in [1.54, 1.807) is 14.2 Å². The van der Waals surface area contributed by atoms with E-state index in [-0.39, 0.29) is 0 Å². The van der Waals surface area contributed by atoms with Gasteiger partial charge in [0.2, 0.25) is 5.17 Å². The van der Waals surface area contributed by atoms with Crippen LogP contribution < -0.4 is 14.5 Å². The van der Waals surface area contributed by atoms with Crippen molar-refractivity contribution in [2.75, 3.05) is 19.2 Å². The molecule has 0 atom stereocenters. The van der Waals surface area contributed by atoms with Crippen molar-refractivity contribution < 1.29 is 9.47 Å². The number of para-hydroxylation sites is 1. The lowest BCUT2D eigenvalue weighted by atomic mass is 10.1. The zero-order valence-corrected chi connectivity index (χ0v) is 19.5. The summed E-state index contributed by atoms with van der Waals surface area (Å²) in [4.78, 5) is 4.76. The summed E-state index contributed by atoms with van der Waals surface area (Å²) >= 11 is 7.48. The Hall–Kier alpha value is -3.22. The van der Waals surface area contributed by atoms with E-state index in [9.17, 15) is 0 Å². The van der Waals surface area contributed by atoms with Crippen LogP contribution in [0, 0.1) is 0 Å². The van der Waals surface area contributed by atoms with Crippen LogP contribution in [-0.2, 0) is 0 Å². The molecule has 0 aliphatic carbocycles. The van der Waals surface area contributed by atoms with Crippen molar-refractivity contribution in [3.8, 4) is 11.5 Å². The van der Waals surface area contributed by atoms with Gasteiger partial charge in [-0.25, -0.2) is 10.0 Å². The molecule has 0 bridgehead atoms. The van der Waals surface area contributed by atoms with Gasteiger partial charge in [-0.1, -0.05) is 53.7 Å². The molecule has 0 saturated carbocycles. The Kier molecular flexibility index (Phi) is 6.83. The summed E-state index contributed by atoms with van der Waals surface area (Å²) in [6.07, 6.45) is 0. The molecule has 4 rings (SSSR count). The molecule has 1 aliphatic rings. The third-order valence-electron chi connectivity index (χ3n) is 4.90. The number of hydrazone groups is 1. The topological polar surface area (TPSA) is 46.4 Å². The molecule has 1 heterocycles. The van der Waals surface area contributed by atoms with Crippen LogP contribution in [-0.4, -0.2) is 25.1 Å². The summed E-state index contributed by atoms with van der Waals surface area (Å²) in [6, 6.07) is 23.3. The molecule has 0 unspecified atom stereocenters. The molecule has 0 amide bonds. The van der Waals surface area contributed by atoms with Gasteiger partial charge in [0.15, 0.2) is 0 Å². The molecule has 5 nitrogen and oxygen atoms in total. The lowest BCUT2D eigenvalue weighted by Crippen LogP contribution is -2.20. The van der Waals surface area contributed by atoms with Gasteiger partial charge in [-0.2, -0.15) is 0 Å². The Morgan fingerprint density at radius 3 is 2.41 bits per heavy atom. The normalized spacial score (nSPS) is 14.0. The second-order valence-corrected chi connectivity index (χ2v) is 8.19. The van der Waals surface area contributed by atoms with Crippen molar-refractivity contribution in [2.45, 2.75) is 6.92 Å². The molecule has 0 saturated heterocycles. The zero-order chi connectivity index (χ0) is 22.5. The minimum atomic E-state index is 0.637. The van der Waals surface area contributed by atoms with Gasteiger partial charge < -0.3 is 9.47 Å². The number of ether oxygens (including phenoxy) is 2. The van der Waals surface area contributed by atoms with Crippen LogP contribution in [0.15, 0.2) is 88.3 Å². The molecule has 3 aromatic carbocycles. The number of hydrogen-bond acceptors (Lipinski definition) is 6. The van der Waals surface area contributed by atoms with Gasteiger partial charge in [-0.15, -0.1) is 5.10 Å². The second-order valence-electron chi connectivity index (χ2n) is 6.92. The van der Waals surface area contributed by atoms with Crippen LogP contribution in [0.2, 0.25) is 5.02 Å². The molecule has 32 heavy (non-hydrogen) atoms. The number of rotatable bonds is 5. The summed E-state index contributed by atoms with van der Waals surface area (Å²) in [5, 5.41) is 10.1. The first-order valence-electron chi connectivity index (χ1n) is 9.93. The summed E-state index contributed by atoms with van der Waals surface area (Å²) in [6.45, 7) is 1.96. The van der Waals surface area contributed by atoms with E-state index in [4.69, 9.17) is 31.2 Å². The van der Waals surface area contributed by atoms with E-state index in [0.29, 0.717) is 15.9 Å². The van der Waals surface area contributed by atoms with Crippen molar-refractivity contribution >= 4 is 45.6 Å². The van der Waals surface area contributed by atoms with E-state index in [1.807, 2.05) is 90.1 Å². The number of aliphatic imine (C=N–C) groups is 1. The van der Waals surface area contributed by atoms with E-state index < -0.39 is 0 Å². The third kappa shape index (κ3) is 4.82. The quantitative estimate of drug-likeness (QED) is 0.395. The number of thioether (sulfide) groups is 1. The largest absolute Gasteiger partial charge is 0.497 e. The maximum atomic E-state index is 6.01. The van der Waals surface area contributed by atoms with Crippen molar-refractivity contribution in [2.24, 2.45) is 10.1 Å². The first-order valence-corrected chi connectivity index (χ1v) is 11.2. The molecular weight excluding hydrogens is 442 g/mol. The number of benzene rings is 3. The fourth-order valence-corrected chi connectivity index (χ4v) is 4.11. The molecule has 7 heteroatoms. The monoisotopic (exact) mass is 463 g/mol. The minimum Gasteiger partial charge on any atom is -0.497 e. The average molecular weight is 464 g/mol. The first kappa shape index (κ1) is 22.0. The maximum absolute atomic E-state index is 6.01. The molecule has 0 radical (unpaired) electrons. The smallest absolute Gasteiger partial charge is 0.211 e. The first-order chi connectivity index (χ1) is 15.6. The standard InChI is InChI=1S/C25H22ClN3O2S/c1-17(18-9-11-19(26)12-10-18)27-25-28-29(20-7-5-4-6-8-20)23(16-32-25)22-14-13-21(30-2)15-24(22)31-3/h4-16H,1-3H3. The highest BCUT2D eigenvalue weighted by Gasteiger charge is 2.22. The summed E-state index contributed by atoms with van der Waals surface area (Å²) in [5.41, 5.74) is 4.58. The van der Waals surface area contributed by atoms with Gasteiger partial charge in [-0.3, -0.25) is 0 Å². The molecule has 0 spiro atoms. The average Bonchev–Trinajstić information content (AvgIpc) is 2.84. The van der Waals surface area contributed by atoms with Crippen LogP contribution in [0.1, 0.15) is 18.1 Å². The maximum Gasteiger partial charge on any atom is 0.211 e. The highest BCUT2D eigenvalue weighted by molar-refractivity contribution is 8.16. The number of halogens is 1. The summed E-state index contributed by atoms with van der Waals surface area (Å²) < 4.78 is 11.0. The van der Waals surface area contributed by atoms with Crippen molar-refractivity contribution in [1.29, 1.82) is 0 Å². The van der Waals surface area contributed by atoms with Gasteiger partial charge in [0.25, 0.3) is 0 Å². The molecule has 1 aliphatic heterocycles. The number of methoxy groups -OCH3 is 2. The number of hydrogen-bond donors (Lipinski definition) is 0. The Morgan fingerprint density at radius 1 is 0.969 bits per heavy atom. The van der Waals surface area contributed by atoms with Gasteiger partial charge in [-0.05, 0) is 48.9 Å². The fourth-order valence-electron chi connectivity index (χ4n) is 3.22. The van der Waals surface area contributed by atoms with E-state index in [1.165, 1.54) is 11.8 Å². The van der Waals surface area contributed by atoms with Crippen LogP contribution in [0.4, 0.5) is 5.69 Å². The fraction of sp³-hybridized carbons (Fsp3) is 0.120. The summed E-state index contributed by atoms with van der Waals surface area (Å²) in [7, 11) is 3.29. The summed E-state index contributed by atoms with van der Waals surface area (Å²) in [5.74, 6) is 1.44. The van der Waals surface area contributed by atoms with Crippen LogP contribution in [0.5, 0.6) is 11.5 Å². The predicted octanol–water partition coefficient (Wildman–Crippen LogP) is 6.69. The predicted molar refractivity (Wildman–Crippen MR) is 135 cm³/mol. The highest BCUT2D eigenvalue weighted by atomic mass is 35.5. The zero-order valence-electron chi connectivity index (χ0n) is 17.9. The van der Waals surface area contributed by atoms with Crippen LogP contribution in [0.3, 0.4) is 0 Å². The molecule has 0 fully saturated rings. The van der Waals surface area contributed by atoms with Crippen molar-refractivity contribution in [1.82, 2.24) is 0 Å². The molecule has 3 aromatic rings. The highest BCUT2D eigenvalue weighted by Crippen LogP contribution is 2.38. The SMILES string of the molecule is COc1ccc(C2=CSC(N=C(C)c3ccc(Cl)cc3)=NN2c2ccccc2)c(OC)c1. The van der Waals surface area contributed by atoms with E-state index in [0.717, 1.165) is 34.0 Å². The number of nitrogens with zero attached hydrogens (tertiary/aromatic N) is 3. The minimum absolute atomic E-state index is 0.637. The van der Waals surface area contributed by atoms with Gasteiger partial charge in [0.05, 0.1) is 25.6 Å². The van der Waals surface area contributed by atoms with E-state index in [2.05, 4.69) is 0 Å². The Labute approximate surface area is 197 Å². The van der Waals surface area contributed by atoms with E-state index >= 15 is 0 Å². The Balaban J connectivity index is 1.74. The molecule has 0 aromatic heterocycles. The molecular formula is C25H22ClN3O2S. The molecule has 0 N–H and O–H groups in total. The van der Waals surface area contributed by atoms with Crippen molar-refractivity contribution in [3.63, 3.8) is 0 Å². The van der Waals surface area contributed by atoms with Gasteiger partial charge in [0.1, 0.15) is 11.5 Å². The Bertz CT molecular complexity index is 1190. The lowest BCUT2D eigenvalue weighted by molar-refractivity contribution is 0.393. The lowest BCUT2D eigenvalue weighted by Gasteiger charge is -2.27. The Morgan fingerprint density at radius 2 is 1.72 bits per heavy atom. The number of anilines is 1. The van der Waals surface area contributed by atoms with Crippen LogP contribution in [0.25, 0.3) is 5.70 Å². The van der Waals surface area contributed by atoms with Crippen molar-refractivity contribution in [3.05, 3.63) is 94.4 Å². The second kappa shape index (κ2) is 9.94. The van der Waals surface area contributed by atoms with Gasteiger partial charge in [0, 0.05) is 27.8 Å². The van der Waals surface area contributed by atoms with Crippen LogP contribution >= 0.6 is 23.4 Å². The van der Waals surface area contributed by atoms with Gasteiger partial charge >= 0.3 is 0 Å². The molecule has 162 valence electrons. The number of amidine groups is 1. The third-order valence-corrected chi connectivity index (χ3v) is 5.88.